The van der Waals surface area contributed by atoms with Gasteiger partial charge in [-0.1, -0.05) is 68.4 Å². The van der Waals surface area contributed by atoms with Crippen LogP contribution in [0.2, 0.25) is 0 Å². The number of ether oxygens (including phenoxy) is 1. The van der Waals surface area contributed by atoms with Crippen molar-refractivity contribution in [2.24, 2.45) is 13.0 Å². The lowest BCUT2D eigenvalue weighted by Crippen LogP contribution is -2.27. The van der Waals surface area contributed by atoms with E-state index in [0.717, 1.165) is 33.3 Å². The predicted octanol–water partition coefficient (Wildman–Crippen LogP) is 5.06. The highest BCUT2D eigenvalue weighted by Gasteiger charge is 2.29. The third-order valence-corrected chi connectivity index (χ3v) is 8.46. The Morgan fingerprint density at radius 3 is 2.32 bits per heavy atom. The first kappa shape index (κ1) is 29.0. The number of sulfonamides is 1. The lowest BCUT2D eigenvalue weighted by atomic mass is 9.80. The van der Waals surface area contributed by atoms with Crippen LogP contribution in [-0.2, 0) is 33.1 Å². The van der Waals surface area contributed by atoms with E-state index in [1.54, 1.807) is 42.1 Å². The molecule has 0 spiro atoms. The summed E-state index contributed by atoms with van der Waals surface area (Å²) < 4.78 is 34.3. The smallest absolute Gasteiger partial charge is 0.309 e. The molecule has 8 nitrogen and oxygen atoms in total. The summed E-state index contributed by atoms with van der Waals surface area (Å²) in [7, 11) is 1.13. The van der Waals surface area contributed by atoms with Crippen LogP contribution in [0.1, 0.15) is 48.9 Å². The van der Waals surface area contributed by atoms with Gasteiger partial charge in [0, 0.05) is 26.6 Å². The number of methoxy groups -OCH3 is 1. The molecule has 4 aromatic rings. The van der Waals surface area contributed by atoms with Crippen LogP contribution in [0.3, 0.4) is 0 Å². The molecule has 0 saturated heterocycles. The van der Waals surface area contributed by atoms with Crippen LogP contribution < -0.4 is 0 Å². The van der Waals surface area contributed by atoms with Gasteiger partial charge in [-0.3, -0.25) is 4.79 Å². The van der Waals surface area contributed by atoms with E-state index in [1.165, 1.54) is 11.4 Å². The molecule has 0 aliphatic heterocycles. The molecule has 4 rings (SSSR count). The van der Waals surface area contributed by atoms with Crippen molar-refractivity contribution in [3.8, 4) is 0 Å². The molecule has 0 aliphatic carbocycles. The van der Waals surface area contributed by atoms with Crippen molar-refractivity contribution >= 4 is 27.0 Å². The van der Waals surface area contributed by atoms with Gasteiger partial charge >= 0.3 is 5.97 Å². The van der Waals surface area contributed by atoms with Crippen LogP contribution in [0, 0.1) is 12.8 Å². The van der Waals surface area contributed by atoms with Crippen LogP contribution in [0.4, 0.5) is 0 Å². The number of benzene rings is 3. The van der Waals surface area contributed by atoms with E-state index in [1.807, 2.05) is 71.1 Å². The Hall–Kier alpha value is -3.56. The van der Waals surface area contributed by atoms with Crippen LogP contribution in [-0.4, -0.2) is 47.8 Å². The molecule has 0 bridgehead atoms. The first-order chi connectivity index (χ1) is 18.1. The van der Waals surface area contributed by atoms with Crippen molar-refractivity contribution in [3.63, 3.8) is 0 Å². The zero-order chi connectivity index (χ0) is 28.0. The van der Waals surface area contributed by atoms with Gasteiger partial charge in [0.15, 0.2) is 0 Å². The van der Waals surface area contributed by atoms with Crippen molar-refractivity contribution in [1.29, 1.82) is 0 Å². The third kappa shape index (κ3) is 5.95. The van der Waals surface area contributed by atoms with Gasteiger partial charge < -0.3 is 4.74 Å². The summed E-state index contributed by atoms with van der Waals surface area (Å²) in [5.74, 6) is -1.13. The van der Waals surface area contributed by atoms with E-state index in [0.29, 0.717) is 0 Å². The number of nitrogens with zero attached hydrogens (tertiary/aromatic N) is 4. The van der Waals surface area contributed by atoms with Gasteiger partial charge in [-0.25, -0.2) is 13.1 Å². The van der Waals surface area contributed by atoms with Gasteiger partial charge in [0.1, 0.15) is 5.52 Å². The van der Waals surface area contributed by atoms with Gasteiger partial charge in [-0.2, -0.15) is 4.31 Å². The quantitative estimate of drug-likeness (QED) is 0.292. The number of rotatable bonds is 8. The molecule has 38 heavy (non-hydrogen) atoms. The summed E-state index contributed by atoms with van der Waals surface area (Å²) in [5.41, 5.74) is 5.24. The van der Waals surface area contributed by atoms with Gasteiger partial charge in [-0.15, -0.1) is 5.10 Å². The topological polar surface area (TPSA) is 94.4 Å². The summed E-state index contributed by atoms with van der Waals surface area (Å²) >= 11 is 0. The molecule has 0 amide bonds. The van der Waals surface area contributed by atoms with Gasteiger partial charge in [0.2, 0.25) is 10.0 Å². The first-order valence-corrected chi connectivity index (χ1v) is 14.1. The van der Waals surface area contributed by atoms with Crippen LogP contribution in [0.25, 0.3) is 11.0 Å². The summed E-state index contributed by atoms with van der Waals surface area (Å²) in [6.45, 7) is 7.98. The molecule has 2 atom stereocenters. The van der Waals surface area contributed by atoms with Gasteiger partial charge in [0.25, 0.3) is 0 Å². The highest BCUT2D eigenvalue weighted by Crippen LogP contribution is 2.35. The maximum absolute atomic E-state index is 13.1. The van der Waals surface area contributed by atoms with Crippen molar-refractivity contribution in [2.45, 2.75) is 45.1 Å². The zero-order valence-corrected chi connectivity index (χ0v) is 23.9. The number of hydrogen-bond acceptors (Lipinski definition) is 6. The van der Waals surface area contributed by atoms with E-state index < -0.39 is 15.9 Å². The fourth-order valence-electron chi connectivity index (χ4n) is 4.50. The lowest BCUT2D eigenvalue weighted by Gasteiger charge is -2.25. The Balaban J connectivity index is 0.00000195. The first-order valence-electron chi connectivity index (χ1n) is 12.6. The van der Waals surface area contributed by atoms with E-state index in [9.17, 15) is 13.2 Å². The SMILES string of the molecule is CC.COC(=O)C(C)C(c1ccc(C)c(CN(C)S(=O)(=O)c2ccccc2)c1)c1ccc2c(c1)nnn2C. The molecule has 0 aliphatic rings. The number of esters is 1. The van der Waals surface area contributed by atoms with Gasteiger partial charge in [-0.05, 0) is 53.4 Å². The molecular formula is C29H36N4O4S. The van der Waals surface area contributed by atoms with Gasteiger partial charge in [0.05, 0.1) is 23.4 Å². The van der Waals surface area contributed by atoms with E-state index >= 15 is 0 Å². The molecule has 202 valence electrons. The number of carbonyl (C=O) groups excluding carboxylic acids is 1. The van der Waals surface area contributed by atoms with E-state index in [4.69, 9.17) is 4.74 Å². The molecule has 1 aromatic heterocycles. The second-order valence-corrected chi connectivity index (χ2v) is 11.1. The minimum Gasteiger partial charge on any atom is -0.469 e. The summed E-state index contributed by atoms with van der Waals surface area (Å²) in [5, 5.41) is 8.31. The Kier molecular flexibility index (Phi) is 9.40. The lowest BCUT2D eigenvalue weighted by molar-refractivity contribution is -0.145. The average molecular weight is 537 g/mol. The second kappa shape index (κ2) is 12.3. The molecule has 9 heteroatoms. The van der Waals surface area contributed by atoms with Crippen molar-refractivity contribution in [1.82, 2.24) is 19.3 Å². The van der Waals surface area contributed by atoms with Crippen molar-refractivity contribution in [3.05, 3.63) is 89.0 Å². The third-order valence-electron chi connectivity index (χ3n) is 6.64. The summed E-state index contributed by atoms with van der Waals surface area (Å²) in [6, 6.07) is 20.2. The predicted molar refractivity (Wildman–Crippen MR) is 149 cm³/mol. The Labute approximate surface area is 225 Å². The molecule has 0 N–H and O–H groups in total. The number of carbonyl (C=O) groups is 1. The van der Waals surface area contributed by atoms with Crippen molar-refractivity contribution < 1.29 is 17.9 Å². The average Bonchev–Trinajstić information content (AvgIpc) is 3.31. The molecule has 3 aromatic carbocycles. The van der Waals surface area contributed by atoms with Crippen LogP contribution in [0.5, 0.6) is 0 Å². The molecule has 0 saturated carbocycles. The normalized spacial score (nSPS) is 13.1. The minimum absolute atomic E-state index is 0.194. The number of hydrogen-bond donors (Lipinski definition) is 0. The summed E-state index contributed by atoms with van der Waals surface area (Å²) in [4.78, 5) is 12.9. The number of fused-ring (bicyclic) bond motifs is 1. The van der Waals surface area contributed by atoms with Crippen LogP contribution >= 0.6 is 0 Å². The molecule has 0 fully saturated rings. The minimum atomic E-state index is -3.65. The summed E-state index contributed by atoms with van der Waals surface area (Å²) in [6.07, 6.45) is 0. The highest BCUT2D eigenvalue weighted by atomic mass is 32.2. The highest BCUT2D eigenvalue weighted by molar-refractivity contribution is 7.89. The van der Waals surface area contributed by atoms with Crippen molar-refractivity contribution in [2.75, 3.05) is 14.2 Å². The maximum atomic E-state index is 13.1. The van der Waals surface area contributed by atoms with E-state index in [-0.39, 0.29) is 23.3 Å². The maximum Gasteiger partial charge on any atom is 0.309 e. The fraction of sp³-hybridized carbons (Fsp3) is 0.345. The largest absolute Gasteiger partial charge is 0.469 e. The molecular weight excluding hydrogens is 500 g/mol. The molecule has 2 unspecified atom stereocenters. The monoisotopic (exact) mass is 536 g/mol. The fourth-order valence-corrected chi connectivity index (χ4v) is 5.67. The molecule has 1 heterocycles. The zero-order valence-electron chi connectivity index (χ0n) is 23.0. The second-order valence-electron chi connectivity index (χ2n) is 9.01. The number of aryl methyl sites for hydroxylation is 2. The Morgan fingerprint density at radius 2 is 1.66 bits per heavy atom. The Morgan fingerprint density at radius 1 is 1.03 bits per heavy atom. The van der Waals surface area contributed by atoms with Crippen LogP contribution in [0.15, 0.2) is 71.6 Å². The van der Waals surface area contributed by atoms with E-state index in [2.05, 4.69) is 10.3 Å². The Bertz CT molecular complexity index is 1500. The molecule has 0 radical (unpaired) electrons. The number of aromatic nitrogens is 3. The standard InChI is InChI=1S/C27H30N4O4S.C2H6/c1-18-11-12-20(15-22(18)17-30(3)36(33,34)23-9-7-6-8-10-23)26(19(2)27(32)35-5)21-13-14-25-24(16-21)28-29-31(25)4;1-2/h6-16,19,26H,17H2,1-5H3;1-2H3.